The summed E-state index contributed by atoms with van der Waals surface area (Å²) >= 11 is 0. The molecule has 1 spiro atoms. The topological polar surface area (TPSA) is 114 Å². The first-order chi connectivity index (χ1) is 17.9. The number of carbonyl (C=O) groups is 2. The standard InChI is InChI=1S/C27H31N7O3/c1-15(28-22-8-23(30-16(2)29-22)32-26(36)18-5-6-18)20-11-33-10-19(17-3-4-17)7-21(25(33)31-20)34-12-27(9-24(34)35)13-37-14-27/h7-8,10-11,15,17-18H,3-6,9,12-14H2,1-2H3,(H2,28,29,30,32,36)/t15-/m1/s1. The molecular weight excluding hydrogens is 470 g/mol. The molecule has 3 aromatic heterocycles. The SMILES string of the molecule is Cc1nc(NC(=O)C2CC2)cc(N[C@H](C)c2cn3cc(C4CC4)cc(N4CC5(COC5)CC4=O)c3n2)n1. The summed E-state index contributed by atoms with van der Waals surface area (Å²) < 4.78 is 7.52. The lowest BCUT2D eigenvalue weighted by Gasteiger charge is -2.36. The highest BCUT2D eigenvalue weighted by molar-refractivity contribution is 6.00. The molecule has 5 heterocycles. The fraction of sp³-hybridized carbons (Fsp3) is 0.519. The van der Waals surface area contributed by atoms with Crippen molar-refractivity contribution >= 4 is 34.8 Å². The minimum absolute atomic E-state index is 0.0168. The molecule has 2 saturated heterocycles. The Labute approximate surface area is 214 Å². The van der Waals surface area contributed by atoms with Crippen molar-refractivity contribution < 1.29 is 14.3 Å². The quantitative estimate of drug-likeness (QED) is 0.509. The van der Waals surface area contributed by atoms with E-state index in [9.17, 15) is 9.59 Å². The van der Waals surface area contributed by atoms with Gasteiger partial charge in [-0.05, 0) is 57.1 Å². The molecule has 2 amide bonds. The number of amides is 2. The zero-order valence-corrected chi connectivity index (χ0v) is 21.2. The molecule has 2 aliphatic heterocycles. The summed E-state index contributed by atoms with van der Waals surface area (Å²) in [5, 5.41) is 6.33. The van der Waals surface area contributed by atoms with Gasteiger partial charge < -0.3 is 24.7 Å². The van der Waals surface area contributed by atoms with Crippen molar-refractivity contribution in [1.82, 2.24) is 19.4 Å². The number of fused-ring (bicyclic) bond motifs is 1. The van der Waals surface area contributed by atoms with Crippen molar-refractivity contribution in [3.63, 3.8) is 0 Å². The average Bonchev–Trinajstić information content (AvgIpc) is 3.76. The smallest absolute Gasteiger partial charge is 0.228 e. The van der Waals surface area contributed by atoms with E-state index in [1.54, 1.807) is 6.07 Å². The van der Waals surface area contributed by atoms with Gasteiger partial charge in [0.05, 0.1) is 30.6 Å². The number of hydrogen-bond acceptors (Lipinski definition) is 7. The van der Waals surface area contributed by atoms with Crippen LogP contribution in [0.4, 0.5) is 17.3 Å². The minimum atomic E-state index is -0.154. The molecule has 4 aliphatic rings. The third-order valence-electron chi connectivity index (χ3n) is 7.89. The molecule has 10 heteroatoms. The molecular formula is C27H31N7O3. The number of rotatable bonds is 7. The maximum atomic E-state index is 13.1. The Morgan fingerprint density at radius 2 is 1.89 bits per heavy atom. The van der Waals surface area contributed by atoms with Crippen LogP contribution in [0.1, 0.15) is 68.1 Å². The van der Waals surface area contributed by atoms with Crippen LogP contribution in [-0.2, 0) is 14.3 Å². The Bertz CT molecular complexity index is 1420. The van der Waals surface area contributed by atoms with Gasteiger partial charge in [-0.3, -0.25) is 9.59 Å². The number of pyridine rings is 1. The van der Waals surface area contributed by atoms with Gasteiger partial charge in [-0.25, -0.2) is 15.0 Å². The van der Waals surface area contributed by atoms with Gasteiger partial charge in [-0.2, -0.15) is 0 Å². The Hall–Kier alpha value is -3.53. The molecule has 10 nitrogen and oxygen atoms in total. The lowest BCUT2D eigenvalue weighted by atomic mass is 9.85. The average molecular weight is 502 g/mol. The second-order valence-corrected chi connectivity index (χ2v) is 11.3. The van der Waals surface area contributed by atoms with Crippen LogP contribution in [0.3, 0.4) is 0 Å². The zero-order chi connectivity index (χ0) is 25.3. The Morgan fingerprint density at radius 1 is 1.11 bits per heavy atom. The molecule has 2 saturated carbocycles. The first-order valence-corrected chi connectivity index (χ1v) is 13.2. The van der Waals surface area contributed by atoms with Gasteiger partial charge >= 0.3 is 0 Å². The number of carbonyl (C=O) groups excluding carboxylic acids is 2. The lowest BCUT2D eigenvalue weighted by molar-refractivity contribution is -0.126. The largest absolute Gasteiger partial charge is 0.380 e. The number of imidazole rings is 1. The summed E-state index contributed by atoms with van der Waals surface area (Å²) in [4.78, 5) is 41.1. The van der Waals surface area contributed by atoms with Gasteiger partial charge in [0.1, 0.15) is 17.5 Å². The predicted molar refractivity (Wildman–Crippen MR) is 138 cm³/mol. The molecule has 0 unspecified atom stereocenters. The molecule has 0 bridgehead atoms. The van der Waals surface area contributed by atoms with Gasteiger partial charge in [-0.1, -0.05) is 0 Å². The molecule has 0 aromatic carbocycles. The van der Waals surface area contributed by atoms with Crippen molar-refractivity contribution in [2.24, 2.45) is 11.3 Å². The number of aryl methyl sites for hydroxylation is 1. The highest BCUT2D eigenvalue weighted by Crippen LogP contribution is 2.45. The molecule has 0 radical (unpaired) electrons. The lowest BCUT2D eigenvalue weighted by Crippen LogP contribution is -2.44. The second-order valence-electron chi connectivity index (χ2n) is 11.3. The zero-order valence-electron chi connectivity index (χ0n) is 21.2. The number of nitrogens with zero attached hydrogens (tertiary/aromatic N) is 5. The van der Waals surface area contributed by atoms with Crippen LogP contribution in [0, 0.1) is 18.3 Å². The first-order valence-electron chi connectivity index (χ1n) is 13.2. The van der Waals surface area contributed by atoms with Crippen LogP contribution < -0.4 is 15.5 Å². The van der Waals surface area contributed by atoms with E-state index >= 15 is 0 Å². The highest BCUT2D eigenvalue weighted by Gasteiger charge is 2.49. The summed E-state index contributed by atoms with van der Waals surface area (Å²) in [5.74, 6) is 2.53. The Balaban J connectivity index is 1.18. The van der Waals surface area contributed by atoms with E-state index in [2.05, 4.69) is 37.3 Å². The molecule has 2 N–H and O–H groups in total. The van der Waals surface area contributed by atoms with Gasteiger partial charge in [0.2, 0.25) is 11.8 Å². The van der Waals surface area contributed by atoms with E-state index in [4.69, 9.17) is 9.72 Å². The summed E-state index contributed by atoms with van der Waals surface area (Å²) in [6, 6.07) is 3.78. The molecule has 2 aliphatic carbocycles. The molecule has 7 rings (SSSR count). The van der Waals surface area contributed by atoms with Crippen LogP contribution in [0.5, 0.6) is 0 Å². The van der Waals surface area contributed by atoms with Crippen molar-refractivity contribution in [2.75, 3.05) is 35.3 Å². The maximum Gasteiger partial charge on any atom is 0.228 e. The normalized spacial score (nSPS) is 21.4. The second kappa shape index (κ2) is 8.24. The Morgan fingerprint density at radius 3 is 2.57 bits per heavy atom. The maximum absolute atomic E-state index is 13.1. The van der Waals surface area contributed by atoms with E-state index in [-0.39, 0.29) is 29.2 Å². The number of aromatic nitrogens is 4. The van der Waals surface area contributed by atoms with Crippen molar-refractivity contribution in [2.45, 2.75) is 57.9 Å². The van der Waals surface area contributed by atoms with E-state index < -0.39 is 0 Å². The van der Waals surface area contributed by atoms with E-state index in [0.29, 0.717) is 49.6 Å². The third-order valence-corrected chi connectivity index (χ3v) is 7.89. The van der Waals surface area contributed by atoms with Gasteiger partial charge in [0.15, 0.2) is 5.65 Å². The molecule has 1 atom stereocenters. The van der Waals surface area contributed by atoms with E-state index in [0.717, 1.165) is 29.9 Å². The molecule has 3 aromatic rings. The Kier molecular flexibility index (Phi) is 5.04. The summed E-state index contributed by atoms with van der Waals surface area (Å²) in [6.07, 6.45) is 8.97. The van der Waals surface area contributed by atoms with Crippen LogP contribution in [-0.4, -0.2) is 50.9 Å². The molecule has 4 fully saturated rings. The van der Waals surface area contributed by atoms with Crippen LogP contribution >= 0.6 is 0 Å². The number of anilines is 3. The minimum Gasteiger partial charge on any atom is -0.380 e. The first kappa shape index (κ1) is 22.7. The summed E-state index contributed by atoms with van der Waals surface area (Å²) in [6.45, 7) is 5.82. The molecule has 192 valence electrons. The van der Waals surface area contributed by atoms with Gasteiger partial charge in [-0.15, -0.1) is 0 Å². The third kappa shape index (κ3) is 4.22. The fourth-order valence-corrected chi connectivity index (χ4v) is 5.44. The monoisotopic (exact) mass is 501 g/mol. The van der Waals surface area contributed by atoms with Gasteiger partial charge in [0.25, 0.3) is 0 Å². The highest BCUT2D eigenvalue weighted by atomic mass is 16.5. The van der Waals surface area contributed by atoms with Gasteiger partial charge in [0, 0.05) is 42.8 Å². The number of nitrogens with one attached hydrogen (secondary N) is 2. The van der Waals surface area contributed by atoms with Crippen molar-refractivity contribution in [1.29, 1.82) is 0 Å². The number of hydrogen-bond donors (Lipinski definition) is 2. The van der Waals surface area contributed by atoms with Crippen LogP contribution in [0.2, 0.25) is 0 Å². The molecule has 37 heavy (non-hydrogen) atoms. The van der Waals surface area contributed by atoms with Crippen LogP contribution in [0.25, 0.3) is 5.65 Å². The fourth-order valence-electron chi connectivity index (χ4n) is 5.44. The van der Waals surface area contributed by atoms with E-state index in [1.165, 1.54) is 18.4 Å². The predicted octanol–water partition coefficient (Wildman–Crippen LogP) is 3.59. The van der Waals surface area contributed by atoms with E-state index in [1.807, 2.05) is 24.9 Å². The van der Waals surface area contributed by atoms with Crippen molar-refractivity contribution in [3.8, 4) is 0 Å². The summed E-state index contributed by atoms with van der Waals surface area (Å²) in [5.41, 5.74) is 3.73. The number of ether oxygens (including phenoxy) is 1. The summed E-state index contributed by atoms with van der Waals surface area (Å²) in [7, 11) is 0. The van der Waals surface area contributed by atoms with Crippen molar-refractivity contribution in [3.05, 3.63) is 41.6 Å². The van der Waals surface area contributed by atoms with Crippen LogP contribution in [0.15, 0.2) is 24.5 Å².